The van der Waals surface area contributed by atoms with Crippen LogP contribution in [0, 0.1) is 18.3 Å². The molecule has 0 bridgehead atoms. The first-order valence-corrected chi connectivity index (χ1v) is 8.45. The Labute approximate surface area is 137 Å². The average molecular weight is 347 g/mol. The molecule has 0 spiro atoms. The summed E-state index contributed by atoms with van der Waals surface area (Å²) in [7, 11) is -3.95. The van der Waals surface area contributed by atoms with E-state index in [4.69, 9.17) is 9.78 Å². The number of carbonyl (C=O) groups is 1. The van der Waals surface area contributed by atoms with Crippen molar-refractivity contribution >= 4 is 21.4 Å². The van der Waals surface area contributed by atoms with Crippen LogP contribution in [0.4, 0.5) is 5.69 Å². The Morgan fingerprint density at radius 3 is 2.67 bits per heavy atom. The number of aryl methyl sites for hydroxylation is 1. The lowest BCUT2D eigenvalue weighted by Crippen LogP contribution is -2.12. The molecule has 0 aliphatic rings. The summed E-state index contributed by atoms with van der Waals surface area (Å²) in [5.41, 5.74) is -0.0360. The zero-order chi connectivity index (χ0) is 18.1. The lowest BCUT2D eigenvalue weighted by molar-refractivity contribution is -0.111. The van der Waals surface area contributed by atoms with Gasteiger partial charge in [-0.1, -0.05) is 11.7 Å². The minimum absolute atomic E-state index is 0.0112. The number of anilines is 1. The van der Waals surface area contributed by atoms with Crippen molar-refractivity contribution in [1.82, 2.24) is 5.16 Å². The number of nitriles is 1. The molecular formula is C15H13N3O5S. The topological polar surface area (TPSA) is 133 Å². The number of benzene rings is 1. The number of aromatic hydroxyl groups is 1. The molecule has 124 valence electrons. The number of hydrogen-bond acceptors (Lipinski definition) is 7. The summed E-state index contributed by atoms with van der Waals surface area (Å²) in [5.74, 6) is -1.04. The van der Waals surface area contributed by atoms with Gasteiger partial charge in [0.25, 0.3) is 0 Å². The fourth-order valence-electron chi connectivity index (χ4n) is 2.18. The molecule has 0 saturated heterocycles. The van der Waals surface area contributed by atoms with Gasteiger partial charge >= 0.3 is 0 Å². The van der Waals surface area contributed by atoms with Crippen molar-refractivity contribution in [3.8, 4) is 22.9 Å². The van der Waals surface area contributed by atoms with Crippen LogP contribution in [0.25, 0.3) is 11.1 Å². The van der Waals surface area contributed by atoms with Gasteiger partial charge in [-0.3, -0.25) is 4.79 Å². The van der Waals surface area contributed by atoms with Gasteiger partial charge in [-0.2, -0.15) is 5.26 Å². The number of rotatable bonds is 4. The Bertz CT molecular complexity index is 983. The quantitative estimate of drug-likeness (QED) is 0.635. The number of nitrogens with one attached hydrogen (secondary N) is 1. The Morgan fingerprint density at radius 1 is 1.54 bits per heavy atom. The van der Waals surface area contributed by atoms with E-state index in [0.717, 1.165) is 12.3 Å². The van der Waals surface area contributed by atoms with Crippen LogP contribution in [-0.4, -0.2) is 30.8 Å². The molecule has 1 heterocycles. The lowest BCUT2D eigenvalue weighted by Gasteiger charge is -2.16. The van der Waals surface area contributed by atoms with Crippen molar-refractivity contribution < 1.29 is 22.8 Å². The number of phenols is 1. The fraction of sp³-hybridized carbons (Fsp3) is 0.133. The van der Waals surface area contributed by atoms with E-state index in [9.17, 15) is 18.3 Å². The van der Waals surface area contributed by atoms with Crippen LogP contribution < -0.4 is 5.32 Å². The van der Waals surface area contributed by atoms with Gasteiger partial charge in [0.2, 0.25) is 5.91 Å². The molecule has 1 aromatic heterocycles. The number of nitrogens with zero attached hydrogens (tertiary/aromatic N) is 2. The molecule has 0 aliphatic carbocycles. The lowest BCUT2D eigenvalue weighted by atomic mass is 10.0. The molecule has 0 radical (unpaired) electrons. The average Bonchev–Trinajstić information content (AvgIpc) is 2.92. The summed E-state index contributed by atoms with van der Waals surface area (Å²) >= 11 is 0. The van der Waals surface area contributed by atoms with E-state index in [1.807, 2.05) is 0 Å². The summed E-state index contributed by atoms with van der Waals surface area (Å²) < 4.78 is 29.4. The zero-order valence-electron chi connectivity index (χ0n) is 12.8. The second kappa shape index (κ2) is 6.17. The maximum absolute atomic E-state index is 12.2. The van der Waals surface area contributed by atoms with E-state index in [2.05, 4.69) is 17.1 Å². The van der Waals surface area contributed by atoms with Crippen LogP contribution in [0.15, 0.2) is 34.3 Å². The molecule has 24 heavy (non-hydrogen) atoms. The molecule has 0 atom stereocenters. The second-order valence-corrected chi connectivity index (χ2v) is 6.85. The number of phenolic OH excluding ortho intramolecular Hbond substituents is 1. The first kappa shape index (κ1) is 17.2. The third kappa shape index (κ3) is 3.00. The van der Waals surface area contributed by atoms with Crippen LogP contribution in [0.3, 0.4) is 0 Å². The van der Waals surface area contributed by atoms with Gasteiger partial charge in [-0.15, -0.1) is 0 Å². The van der Waals surface area contributed by atoms with Crippen molar-refractivity contribution in [1.29, 1.82) is 5.26 Å². The molecular weight excluding hydrogens is 334 g/mol. The Balaban J connectivity index is 2.99. The van der Waals surface area contributed by atoms with E-state index >= 15 is 0 Å². The molecule has 8 nitrogen and oxygen atoms in total. The van der Waals surface area contributed by atoms with Crippen LogP contribution in [0.2, 0.25) is 0 Å². The molecule has 0 saturated carbocycles. The van der Waals surface area contributed by atoms with Crippen molar-refractivity contribution in [3.63, 3.8) is 0 Å². The van der Waals surface area contributed by atoms with Crippen LogP contribution in [0.5, 0.6) is 5.75 Å². The summed E-state index contributed by atoms with van der Waals surface area (Å²) in [5, 5.41) is 25.4. The predicted octanol–water partition coefficient (Wildman–Crippen LogP) is 1.76. The van der Waals surface area contributed by atoms with Crippen LogP contribution in [-0.2, 0) is 14.6 Å². The zero-order valence-corrected chi connectivity index (χ0v) is 13.6. The van der Waals surface area contributed by atoms with Gasteiger partial charge in [-0.05, 0) is 19.1 Å². The third-order valence-corrected chi connectivity index (χ3v) is 4.35. The van der Waals surface area contributed by atoms with Crippen LogP contribution in [0.1, 0.15) is 11.3 Å². The minimum Gasteiger partial charge on any atom is -0.505 e. The van der Waals surface area contributed by atoms with Crippen LogP contribution >= 0.6 is 0 Å². The first-order chi connectivity index (χ1) is 11.2. The van der Waals surface area contributed by atoms with Gasteiger partial charge in [0, 0.05) is 17.4 Å². The van der Waals surface area contributed by atoms with Crippen molar-refractivity contribution in [2.24, 2.45) is 0 Å². The number of hydrogen-bond donors (Lipinski definition) is 2. The van der Waals surface area contributed by atoms with Gasteiger partial charge in [-0.25, -0.2) is 8.42 Å². The standard InChI is InChI=1S/C15H13N3O5S/c1-4-12(19)18-11-5-9(6-16)14(20)15(24(3,21)22)13(11)10-7-17-23-8(10)2/h4-5,7,20H,1H2,2-3H3,(H,18,19). The predicted molar refractivity (Wildman–Crippen MR) is 85.0 cm³/mol. The van der Waals surface area contributed by atoms with Gasteiger partial charge in [0.15, 0.2) is 15.6 Å². The summed E-state index contributed by atoms with van der Waals surface area (Å²) in [6.07, 6.45) is 3.13. The number of aromatic nitrogens is 1. The number of sulfone groups is 1. The molecule has 0 fully saturated rings. The van der Waals surface area contributed by atoms with E-state index < -0.39 is 26.4 Å². The molecule has 0 unspecified atom stereocenters. The van der Waals surface area contributed by atoms with Crippen molar-refractivity contribution in [3.05, 3.63) is 36.2 Å². The molecule has 2 rings (SSSR count). The van der Waals surface area contributed by atoms with Gasteiger partial charge in [0.05, 0.1) is 17.4 Å². The Morgan fingerprint density at radius 2 is 2.21 bits per heavy atom. The highest BCUT2D eigenvalue weighted by Gasteiger charge is 2.28. The molecule has 0 aliphatic heterocycles. The van der Waals surface area contributed by atoms with E-state index in [1.165, 1.54) is 12.3 Å². The van der Waals surface area contributed by atoms with Crippen molar-refractivity contribution in [2.45, 2.75) is 11.8 Å². The third-order valence-electron chi connectivity index (χ3n) is 3.21. The maximum Gasteiger partial charge on any atom is 0.247 e. The minimum atomic E-state index is -3.95. The second-order valence-electron chi connectivity index (χ2n) is 4.90. The van der Waals surface area contributed by atoms with E-state index in [0.29, 0.717) is 0 Å². The highest BCUT2D eigenvalue weighted by atomic mass is 32.2. The first-order valence-electron chi connectivity index (χ1n) is 6.55. The highest BCUT2D eigenvalue weighted by Crippen LogP contribution is 2.43. The molecule has 9 heteroatoms. The number of amides is 1. The van der Waals surface area contributed by atoms with E-state index in [1.54, 1.807) is 13.0 Å². The fourth-order valence-corrected chi connectivity index (χ4v) is 3.23. The van der Waals surface area contributed by atoms with Gasteiger partial charge < -0.3 is 14.9 Å². The Hall–Kier alpha value is -3.12. The van der Waals surface area contributed by atoms with E-state index in [-0.39, 0.29) is 28.1 Å². The summed E-state index contributed by atoms with van der Waals surface area (Å²) in [6.45, 7) is 4.87. The van der Waals surface area contributed by atoms with Gasteiger partial charge in [0.1, 0.15) is 16.7 Å². The summed E-state index contributed by atoms with van der Waals surface area (Å²) in [4.78, 5) is 11.2. The normalized spacial score (nSPS) is 10.9. The molecule has 1 amide bonds. The smallest absolute Gasteiger partial charge is 0.247 e. The summed E-state index contributed by atoms with van der Waals surface area (Å²) in [6, 6.07) is 2.87. The maximum atomic E-state index is 12.2. The molecule has 1 aromatic carbocycles. The van der Waals surface area contributed by atoms with Crippen molar-refractivity contribution in [2.75, 3.05) is 11.6 Å². The Kier molecular flexibility index (Phi) is 4.43. The SMILES string of the molecule is C=CC(=O)Nc1cc(C#N)c(O)c(S(C)(=O)=O)c1-c1cnoc1C. The number of carbonyl (C=O) groups excluding carboxylic acids is 1. The monoisotopic (exact) mass is 347 g/mol. The largest absolute Gasteiger partial charge is 0.505 e. The molecule has 2 N–H and O–H groups in total. The molecule has 2 aromatic rings. The highest BCUT2D eigenvalue weighted by molar-refractivity contribution is 7.91.